The fraction of sp³-hybridized carbons (Fsp3) is 0.625. The zero-order chi connectivity index (χ0) is 17.6. The molecule has 3 aliphatic carbocycles. The summed E-state index contributed by atoms with van der Waals surface area (Å²) in [6.07, 6.45) is -4.03. The highest BCUT2D eigenvalue weighted by Crippen LogP contribution is 2.78. The van der Waals surface area contributed by atoms with Gasteiger partial charge in [-0.25, -0.2) is 15.0 Å². The van der Waals surface area contributed by atoms with Gasteiger partial charge >= 0.3 is 6.18 Å². The highest BCUT2D eigenvalue weighted by molar-refractivity contribution is 6.28. The number of hydrogen-bond acceptors (Lipinski definition) is 5. The number of aryl methyl sites for hydroxylation is 1. The van der Waals surface area contributed by atoms with Crippen molar-refractivity contribution in [3.63, 3.8) is 0 Å². The molecule has 1 aliphatic heterocycles. The van der Waals surface area contributed by atoms with E-state index >= 15 is 0 Å². The molecule has 0 spiro atoms. The molecular formula is C16H14ClF3N4O. The zero-order valence-electron chi connectivity index (χ0n) is 13.3. The van der Waals surface area contributed by atoms with E-state index in [4.69, 9.17) is 16.3 Å². The monoisotopic (exact) mass is 370 g/mol. The Bertz CT molecular complexity index is 893. The van der Waals surface area contributed by atoms with Crippen LogP contribution >= 0.6 is 11.6 Å². The minimum absolute atomic E-state index is 0.00158. The Kier molecular flexibility index (Phi) is 2.88. The fourth-order valence-electron chi connectivity index (χ4n) is 4.50. The summed E-state index contributed by atoms with van der Waals surface area (Å²) >= 11 is 6.01. The lowest BCUT2D eigenvalue weighted by Gasteiger charge is -2.70. The Morgan fingerprint density at radius 3 is 2.32 bits per heavy atom. The van der Waals surface area contributed by atoms with Gasteiger partial charge in [0, 0.05) is 11.3 Å². The van der Waals surface area contributed by atoms with Crippen molar-refractivity contribution in [3.8, 4) is 0 Å². The van der Waals surface area contributed by atoms with E-state index in [-0.39, 0.29) is 30.5 Å². The van der Waals surface area contributed by atoms with Crippen LogP contribution in [0.4, 0.5) is 13.2 Å². The van der Waals surface area contributed by atoms with Gasteiger partial charge in [0.15, 0.2) is 5.65 Å². The van der Waals surface area contributed by atoms with Crippen molar-refractivity contribution < 1.29 is 17.9 Å². The van der Waals surface area contributed by atoms with Crippen LogP contribution in [0, 0.1) is 12.3 Å². The van der Waals surface area contributed by atoms with Gasteiger partial charge in [0.25, 0.3) is 0 Å². The molecule has 2 bridgehead atoms. The molecule has 1 saturated heterocycles. The molecule has 0 N–H and O–H groups in total. The Morgan fingerprint density at radius 2 is 1.76 bits per heavy atom. The Balaban J connectivity index is 1.62. The smallest absolute Gasteiger partial charge is 0.380 e. The summed E-state index contributed by atoms with van der Waals surface area (Å²) < 4.78 is 44.8. The van der Waals surface area contributed by atoms with Gasteiger partial charge in [-0.15, -0.1) is 0 Å². The lowest BCUT2D eigenvalue weighted by molar-refractivity contribution is -0.337. The van der Waals surface area contributed by atoms with Crippen molar-refractivity contribution in [3.05, 3.63) is 22.4 Å². The SMILES string of the molecule is Cc1nc2nc(Cl)nc(C34CC(C(F)(F)F)(C3)C4)c2nc1C1COC1. The average Bonchev–Trinajstić information content (AvgIpc) is 2.32. The van der Waals surface area contributed by atoms with Crippen LogP contribution in [0.1, 0.15) is 42.3 Å². The van der Waals surface area contributed by atoms with Crippen LogP contribution < -0.4 is 0 Å². The van der Waals surface area contributed by atoms with E-state index in [9.17, 15) is 13.2 Å². The van der Waals surface area contributed by atoms with Gasteiger partial charge in [-0.05, 0) is 37.8 Å². The van der Waals surface area contributed by atoms with Crippen molar-refractivity contribution in [2.24, 2.45) is 5.41 Å². The molecule has 4 aliphatic rings. The van der Waals surface area contributed by atoms with Crippen molar-refractivity contribution in [1.82, 2.24) is 19.9 Å². The molecule has 3 saturated carbocycles. The molecule has 0 amide bonds. The molecule has 0 unspecified atom stereocenters. The molecule has 3 heterocycles. The number of halogens is 4. The normalized spacial score (nSPS) is 31.4. The maximum atomic E-state index is 13.2. The largest absolute Gasteiger partial charge is 0.394 e. The minimum Gasteiger partial charge on any atom is -0.380 e. The summed E-state index contributed by atoms with van der Waals surface area (Å²) in [6.45, 7) is 3.00. The molecule has 2 aromatic heterocycles. The van der Waals surface area contributed by atoms with Crippen LogP contribution in [0.2, 0.25) is 5.28 Å². The first-order valence-corrected chi connectivity index (χ1v) is 8.48. The van der Waals surface area contributed by atoms with Crippen LogP contribution in [0.5, 0.6) is 0 Å². The molecule has 4 fully saturated rings. The molecule has 5 nitrogen and oxygen atoms in total. The average molecular weight is 371 g/mol. The van der Waals surface area contributed by atoms with Crippen molar-refractivity contribution >= 4 is 22.8 Å². The number of hydrogen-bond donors (Lipinski definition) is 0. The highest BCUT2D eigenvalue weighted by Gasteiger charge is 2.79. The van der Waals surface area contributed by atoms with Crippen LogP contribution in [0.3, 0.4) is 0 Å². The molecule has 2 aromatic rings. The minimum atomic E-state index is -4.17. The number of fused-ring (bicyclic) bond motifs is 1. The first-order valence-electron chi connectivity index (χ1n) is 8.10. The summed E-state index contributed by atoms with van der Waals surface area (Å²) in [5.74, 6) is 0.162. The van der Waals surface area contributed by atoms with E-state index in [2.05, 4.69) is 19.9 Å². The molecule has 0 radical (unpaired) electrons. The number of nitrogens with zero attached hydrogens (tertiary/aromatic N) is 4. The Morgan fingerprint density at radius 1 is 1.08 bits per heavy atom. The number of aromatic nitrogens is 4. The second-order valence-corrected chi connectivity index (χ2v) is 7.87. The van der Waals surface area contributed by atoms with E-state index in [0.29, 0.717) is 30.1 Å². The summed E-state index contributed by atoms with van der Waals surface area (Å²) in [6, 6.07) is 0. The summed E-state index contributed by atoms with van der Waals surface area (Å²) in [5.41, 5.74) is 0.739. The highest BCUT2D eigenvalue weighted by atomic mass is 35.5. The van der Waals surface area contributed by atoms with Gasteiger partial charge in [0.2, 0.25) is 5.28 Å². The van der Waals surface area contributed by atoms with Crippen molar-refractivity contribution in [1.29, 1.82) is 0 Å². The number of ether oxygens (including phenoxy) is 1. The third-order valence-electron chi connectivity index (χ3n) is 5.87. The molecule has 6 rings (SSSR count). The van der Waals surface area contributed by atoms with Crippen LogP contribution in [-0.4, -0.2) is 39.3 Å². The maximum Gasteiger partial charge on any atom is 0.394 e. The van der Waals surface area contributed by atoms with Gasteiger partial charge in [0.05, 0.1) is 35.7 Å². The van der Waals surface area contributed by atoms with Gasteiger partial charge in [-0.1, -0.05) is 0 Å². The van der Waals surface area contributed by atoms with Gasteiger partial charge in [-0.3, -0.25) is 0 Å². The molecule has 0 aromatic carbocycles. The van der Waals surface area contributed by atoms with Crippen LogP contribution in [0.15, 0.2) is 0 Å². The van der Waals surface area contributed by atoms with E-state index in [1.54, 1.807) is 0 Å². The lowest BCUT2D eigenvalue weighted by atomic mass is 9.34. The predicted molar refractivity (Wildman–Crippen MR) is 82.5 cm³/mol. The first kappa shape index (κ1) is 15.7. The third kappa shape index (κ3) is 1.95. The van der Waals surface area contributed by atoms with E-state index in [0.717, 1.165) is 11.4 Å². The van der Waals surface area contributed by atoms with Gasteiger partial charge < -0.3 is 4.74 Å². The number of rotatable bonds is 2. The summed E-state index contributed by atoms with van der Waals surface area (Å²) in [7, 11) is 0. The van der Waals surface area contributed by atoms with Crippen molar-refractivity contribution in [2.75, 3.05) is 13.2 Å². The van der Waals surface area contributed by atoms with E-state index in [1.807, 2.05) is 6.92 Å². The van der Waals surface area contributed by atoms with Crippen LogP contribution in [-0.2, 0) is 10.2 Å². The molecule has 9 heteroatoms. The second kappa shape index (κ2) is 4.59. The van der Waals surface area contributed by atoms with Gasteiger partial charge in [-0.2, -0.15) is 18.2 Å². The second-order valence-electron chi connectivity index (χ2n) is 7.53. The zero-order valence-corrected chi connectivity index (χ0v) is 14.1. The summed E-state index contributed by atoms with van der Waals surface area (Å²) in [4.78, 5) is 17.6. The molecule has 25 heavy (non-hydrogen) atoms. The lowest BCUT2D eigenvalue weighted by Crippen LogP contribution is -2.70. The third-order valence-corrected chi connectivity index (χ3v) is 6.04. The van der Waals surface area contributed by atoms with Gasteiger partial charge in [0.1, 0.15) is 5.52 Å². The molecule has 132 valence electrons. The fourth-order valence-corrected chi connectivity index (χ4v) is 4.67. The van der Waals surface area contributed by atoms with E-state index < -0.39 is 17.0 Å². The van der Waals surface area contributed by atoms with Crippen LogP contribution in [0.25, 0.3) is 11.2 Å². The predicted octanol–water partition coefficient (Wildman–Crippen LogP) is 3.48. The topological polar surface area (TPSA) is 60.8 Å². The molecular weight excluding hydrogens is 357 g/mol. The quantitative estimate of drug-likeness (QED) is 0.757. The molecule has 0 atom stereocenters. The first-order chi connectivity index (χ1) is 11.7. The maximum absolute atomic E-state index is 13.2. The standard InChI is InChI=1S/C16H14ClF3N4O/c1-7-9(8-2-25-3-8)22-10-11(23-13(17)24-12(10)21-7)14-4-15(5-14,6-14)16(18,19)20/h8H,2-6H2,1H3. The summed E-state index contributed by atoms with van der Waals surface area (Å²) in [5, 5.41) is 0.00158. The Labute approximate surface area is 146 Å². The van der Waals surface area contributed by atoms with Crippen molar-refractivity contribution in [2.45, 2.75) is 43.7 Å². The Hall–Kier alpha value is -1.54. The van der Waals surface area contributed by atoms with E-state index in [1.165, 1.54) is 0 Å². The number of alkyl halides is 3.